The van der Waals surface area contributed by atoms with E-state index in [2.05, 4.69) is 4.98 Å². The maximum absolute atomic E-state index is 13.5. The zero-order valence-corrected chi connectivity index (χ0v) is 11.3. The van der Waals surface area contributed by atoms with Crippen LogP contribution in [0.25, 0.3) is 0 Å². The number of carboxylic acids is 1. The van der Waals surface area contributed by atoms with Crippen LogP contribution >= 0.6 is 0 Å². The van der Waals surface area contributed by atoms with E-state index in [4.69, 9.17) is 10.00 Å². The topological polar surface area (TPSA) is 83.2 Å². The Morgan fingerprint density at radius 2 is 2.14 bits per heavy atom. The highest BCUT2D eigenvalue weighted by Crippen LogP contribution is 2.29. The van der Waals surface area contributed by atoms with Crippen LogP contribution in [0, 0.1) is 31.0 Å². The van der Waals surface area contributed by atoms with Gasteiger partial charge in [0, 0.05) is 5.69 Å². The zero-order valence-electron chi connectivity index (χ0n) is 11.3. The van der Waals surface area contributed by atoms with E-state index in [9.17, 15) is 14.3 Å². The Morgan fingerprint density at radius 1 is 1.43 bits per heavy atom. The second kappa shape index (κ2) is 5.59. The second-order valence-electron chi connectivity index (χ2n) is 4.39. The molecule has 0 spiro atoms. The summed E-state index contributed by atoms with van der Waals surface area (Å²) in [6.07, 6.45) is 0. The average molecular weight is 286 g/mol. The summed E-state index contributed by atoms with van der Waals surface area (Å²) in [6.45, 7) is 3.30. The summed E-state index contributed by atoms with van der Waals surface area (Å²) < 4.78 is 18.9. The van der Waals surface area contributed by atoms with Crippen LogP contribution in [-0.2, 0) is 0 Å². The molecule has 0 aliphatic rings. The Labute approximate surface area is 120 Å². The van der Waals surface area contributed by atoms with E-state index >= 15 is 0 Å². The number of aryl methyl sites for hydroxylation is 2. The van der Waals surface area contributed by atoms with Crippen molar-refractivity contribution >= 4 is 5.97 Å². The van der Waals surface area contributed by atoms with Gasteiger partial charge in [-0.2, -0.15) is 5.26 Å². The summed E-state index contributed by atoms with van der Waals surface area (Å²) in [5.41, 5.74) is 0.617. The number of aromatic carboxylic acids is 1. The van der Waals surface area contributed by atoms with E-state index in [1.807, 2.05) is 0 Å². The highest BCUT2D eigenvalue weighted by molar-refractivity contribution is 5.92. The second-order valence-corrected chi connectivity index (χ2v) is 4.39. The minimum absolute atomic E-state index is 0.0718. The molecule has 5 nitrogen and oxygen atoms in total. The van der Waals surface area contributed by atoms with Gasteiger partial charge in [0.25, 0.3) is 0 Å². The van der Waals surface area contributed by atoms with Gasteiger partial charge >= 0.3 is 5.97 Å². The van der Waals surface area contributed by atoms with Gasteiger partial charge in [0.1, 0.15) is 28.8 Å². The lowest BCUT2D eigenvalue weighted by atomic mass is 10.1. The van der Waals surface area contributed by atoms with Gasteiger partial charge < -0.3 is 9.84 Å². The van der Waals surface area contributed by atoms with Crippen LogP contribution in [0.15, 0.2) is 24.3 Å². The summed E-state index contributed by atoms with van der Waals surface area (Å²) in [7, 11) is 0. The predicted octanol–water partition coefficient (Wildman–Crippen LogP) is 3.20. The van der Waals surface area contributed by atoms with Gasteiger partial charge in [-0.3, -0.25) is 0 Å². The molecule has 1 heterocycles. The number of aromatic nitrogens is 1. The van der Waals surface area contributed by atoms with E-state index in [1.54, 1.807) is 26.0 Å². The first-order valence-electron chi connectivity index (χ1n) is 6.02. The Kier molecular flexibility index (Phi) is 3.85. The number of nitrogens with zero attached hydrogens (tertiary/aromatic N) is 2. The number of carbonyl (C=O) groups is 1. The molecule has 106 valence electrons. The van der Waals surface area contributed by atoms with Crippen LogP contribution in [0.2, 0.25) is 0 Å². The molecule has 0 amide bonds. The molecule has 1 N–H and O–H groups in total. The molecule has 0 aliphatic heterocycles. The molecule has 0 fully saturated rings. The minimum atomic E-state index is -1.20. The van der Waals surface area contributed by atoms with Crippen LogP contribution in [-0.4, -0.2) is 16.1 Å². The average Bonchev–Trinajstić information content (AvgIpc) is 2.37. The fourth-order valence-electron chi connectivity index (χ4n) is 1.94. The van der Waals surface area contributed by atoms with Crippen molar-refractivity contribution in [1.29, 1.82) is 5.26 Å². The van der Waals surface area contributed by atoms with Gasteiger partial charge in [-0.25, -0.2) is 14.2 Å². The first-order valence-corrected chi connectivity index (χ1v) is 6.02. The summed E-state index contributed by atoms with van der Waals surface area (Å²) in [6, 6.07) is 7.17. The highest BCUT2D eigenvalue weighted by Gasteiger charge is 2.19. The lowest BCUT2D eigenvalue weighted by Crippen LogP contribution is -2.06. The molecule has 0 unspecified atom stereocenters. The number of hydrogen-bond donors (Lipinski definition) is 1. The molecule has 2 rings (SSSR count). The molecular weight excluding hydrogens is 275 g/mol. The van der Waals surface area contributed by atoms with E-state index in [-0.39, 0.29) is 22.8 Å². The summed E-state index contributed by atoms with van der Waals surface area (Å²) >= 11 is 0. The van der Waals surface area contributed by atoms with E-state index in [0.717, 1.165) is 6.07 Å². The molecule has 1 aromatic carbocycles. The van der Waals surface area contributed by atoms with Gasteiger partial charge in [-0.1, -0.05) is 6.07 Å². The normalized spacial score (nSPS) is 10.0. The Morgan fingerprint density at radius 3 is 2.76 bits per heavy atom. The predicted molar refractivity (Wildman–Crippen MR) is 71.9 cm³/mol. The van der Waals surface area contributed by atoms with E-state index in [1.165, 1.54) is 12.1 Å². The molecule has 0 radical (unpaired) electrons. The fraction of sp³-hybridized carbons (Fsp3) is 0.133. The number of benzene rings is 1. The molecule has 2 aromatic rings. The number of hydrogen-bond acceptors (Lipinski definition) is 4. The van der Waals surface area contributed by atoms with Crippen molar-refractivity contribution < 1.29 is 19.0 Å². The molecule has 1 aromatic heterocycles. The lowest BCUT2D eigenvalue weighted by molar-refractivity contribution is 0.0692. The van der Waals surface area contributed by atoms with Gasteiger partial charge in [0.15, 0.2) is 0 Å². The van der Waals surface area contributed by atoms with Crippen LogP contribution in [0.3, 0.4) is 0 Å². The zero-order chi connectivity index (χ0) is 15.6. The lowest BCUT2D eigenvalue weighted by Gasteiger charge is -2.12. The van der Waals surface area contributed by atoms with Crippen LogP contribution < -0.4 is 4.74 Å². The molecule has 6 heteroatoms. The minimum Gasteiger partial charge on any atom is -0.477 e. The largest absolute Gasteiger partial charge is 0.477 e. The SMILES string of the molecule is Cc1cc(C)c(C(=O)O)c(Oc2cccc(F)c2C#N)n1. The van der Waals surface area contributed by atoms with Gasteiger partial charge in [0.05, 0.1) is 0 Å². The Balaban J connectivity index is 2.58. The van der Waals surface area contributed by atoms with E-state index in [0.29, 0.717) is 11.3 Å². The van der Waals surface area contributed by atoms with Crippen molar-refractivity contribution in [1.82, 2.24) is 4.98 Å². The Bertz CT molecular complexity index is 766. The first kappa shape index (κ1) is 14.5. The molecule has 0 bridgehead atoms. The number of rotatable bonds is 3. The van der Waals surface area contributed by atoms with Gasteiger partial charge in [-0.05, 0) is 37.6 Å². The molecule has 21 heavy (non-hydrogen) atoms. The number of ether oxygens (including phenoxy) is 1. The van der Waals surface area contributed by atoms with Crippen LogP contribution in [0.5, 0.6) is 11.6 Å². The highest BCUT2D eigenvalue weighted by atomic mass is 19.1. The maximum atomic E-state index is 13.5. The number of pyridine rings is 1. The van der Waals surface area contributed by atoms with Crippen LogP contribution in [0.1, 0.15) is 27.2 Å². The van der Waals surface area contributed by atoms with Crippen molar-refractivity contribution in [3.8, 4) is 17.7 Å². The monoisotopic (exact) mass is 286 g/mol. The van der Waals surface area contributed by atoms with Crippen molar-refractivity contribution in [3.05, 3.63) is 52.5 Å². The van der Waals surface area contributed by atoms with Crippen LogP contribution in [0.4, 0.5) is 4.39 Å². The van der Waals surface area contributed by atoms with Crippen molar-refractivity contribution in [2.75, 3.05) is 0 Å². The smallest absolute Gasteiger partial charge is 0.341 e. The standard InChI is InChI=1S/C15H11FN2O3/c1-8-6-9(2)18-14(13(8)15(19)20)21-12-5-3-4-11(16)10(12)7-17/h3-6H,1-2H3,(H,19,20). The molecule has 0 aliphatic carbocycles. The van der Waals surface area contributed by atoms with Crippen molar-refractivity contribution in [3.63, 3.8) is 0 Å². The quantitative estimate of drug-likeness (QED) is 0.936. The third-order valence-corrected chi connectivity index (χ3v) is 2.82. The number of halogens is 1. The summed E-state index contributed by atoms with van der Waals surface area (Å²) in [4.78, 5) is 15.3. The van der Waals surface area contributed by atoms with Gasteiger partial charge in [0.2, 0.25) is 5.88 Å². The Hall–Kier alpha value is -2.94. The summed E-state index contributed by atoms with van der Waals surface area (Å²) in [5, 5.41) is 18.2. The third-order valence-electron chi connectivity index (χ3n) is 2.82. The molecular formula is C15H11FN2O3. The number of carboxylic acid groups (broad SMARTS) is 1. The third kappa shape index (κ3) is 2.82. The van der Waals surface area contributed by atoms with Crippen molar-refractivity contribution in [2.45, 2.75) is 13.8 Å². The maximum Gasteiger partial charge on any atom is 0.341 e. The number of nitriles is 1. The summed E-state index contributed by atoms with van der Waals surface area (Å²) in [5.74, 6) is -2.18. The molecule has 0 atom stereocenters. The van der Waals surface area contributed by atoms with Crippen molar-refractivity contribution in [2.24, 2.45) is 0 Å². The first-order chi connectivity index (χ1) is 9.93. The molecule has 0 saturated carbocycles. The fourth-order valence-corrected chi connectivity index (χ4v) is 1.94. The molecule has 0 saturated heterocycles. The van der Waals surface area contributed by atoms with E-state index < -0.39 is 11.8 Å². The van der Waals surface area contributed by atoms with Gasteiger partial charge in [-0.15, -0.1) is 0 Å².